The Bertz CT molecular complexity index is 407. The van der Waals surface area contributed by atoms with Gasteiger partial charge in [0.2, 0.25) is 0 Å². The largest absolute Gasteiger partial charge is 0.350 e. The zero-order valence-corrected chi connectivity index (χ0v) is 12.6. The molecule has 0 aromatic heterocycles. The first-order valence-corrected chi connectivity index (χ1v) is 5.89. The van der Waals surface area contributed by atoms with Gasteiger partial charge >= 0.3 is 0 Å². The van der Waals surface area contributed by atoms with Crippen LogP contribution in [0, 0.1) is 9.39 Å². The Morgan fingerprint density at radius 2 is 2.12 bits per heavy atom. The highest BCUT2D eigenvalue weighted by Gasteiger charge is 2.15. The Kier molecular flexibility index (Phi) is 6.36. The average molecular weight is 373 g/mol. The van der Waals surface area contributed by atoms with Crippen molar-refractivity contribution in [3.63, 3.8) is 0 Å². The summed E-state index contributed by atoms with van der Waals surface area (Å²) in [5.74, 6) is -0.581. The van der Waals surface area contributed by atoms with Gasteiger partial charge in [0.15, 0.2) is 0 Å². The molecule has 0 aliphatic rings. The molecule has 0 heterocycles. The third kappa shape index (κ3) is 5.65. The topological polar surface area (TPSA) is 55.1 Å². The molecule has 0 bridgehead atoms. The molecule has 1 aromatic carbocycles. The van der Waals surface area contributed by atoms with Crippen molar-refractivity contribution in [1.82, 2.24) is 5.32 Å². The number of hydrogen-bond donors (Lipinski definition) is 2. The van der Waals surface area contributed by atoms with Gasteiger partial charge in [0.1, 0.15) is 5.82 Å². The van der Waals surface area contributed by atoms with Crippen LogP contribution in [-0.4, -0.2) is 18.0 Å². The second kappa shape index (κ2) is 6.51. The Hall–Kier alpha value is -0.400. The summed E-state index contributed by atoms with van der Waals surface area (Å²) in [4.78, 5) is 11.7. The van der Waals surface area contributed by atoms with Crippen LogP contribution in [0.2, 0.25) is 0 Å². The lowest BCUT2D eigenvalue weighted by Gasteiger charge is -2.19. The number of halogens is 3. The van der Waals surface area contributed by atoms with Gasteiger partial charge in [0, 0.05) is 15.7 Å². The van der Waals surface area contributed by atoms with Gasteiger partial charge in [0.05, 0.1) is 5.56 Å². The van der Waals surface area contributed by atoms with Gasteiger partial charge in [-0.3, -0.25) is 4.79 Å². The summed E-state index contributed by atoms with van der Waals surface area (Å²) < 4.78 is 13.4. The van der Waals surface area contributed by atoms with E-state index in [1.165, 1.54) is 18.2 Å². The molecule has 17 heavy (non-hydrogen) atoms. The van der Waals surface area contributed by atoms with Crippen molar-refractivity contribution in [3.05, 3.63) is 33.1 Å². The minimum absolute atomic E-state index is 0. The lowest BCUT2D eigenvalue weighted by Crippen LogP contribution is -2.45. The summed E-state index contributed by atoms with van der Waals surface area (Å²) in [6.07, 6.45) is 0. The van der Waals surface area contributed by atoms with E-state index in [0.717, 1.165) is 0 Å². The molecule has 0 aliphatic heterocycles. The van der Waals surface area contributed by atoms with Gasteiger partial charge < -0.3 is 11.1 Å². The highest BCUT2D eigenvalue weighted by atomic mass is 127. The summed E-state index contributed by atoms with van der Waals surface area (Å²) in [7, 11) is 0. The monoisotopic (exact) mass is 372 g/mol. The van der Waals surface area contributed by atoms with Gasteiger partial charge in [-0.2, -0.15) is 0 Å². The molecule has 0 saturated heterocycles. The minimum atomic E-state index is -0.457. The van der Waals surface area contributed by atoms with Crippen LogP contribution in [0.3, 0.4) is 0 Å². The smallest absolute Gasteiger partial charge is 0.252 e. The average Bonchev–Trinajstić information content (AvgIpc) is 2.13. The van der Waals surface area contributed by atoms with Crippen molar-refractivity contribution in [2.24, 2.45) is 5.73 Å². The Morgan fingerprint density at radius 1 is 1.53 bits per heavy atom. The summed E-state index contributed by atoms with van der Waals surface area (Å²) in [5.41, 5.74) is 5.75. The third-order valence-corrected chi connectivity index (χ3v) is 2.77. The highest BCUT2D eigenvalue weighted by molar-refractivity contribution is 14.1. The molecule has 0 fully saturated rings. The molecule has 1 amide bonds. The van der Waals surface area contributed by atoms with Gasteiger partial charge in [0.25, 0.3) is 5.91 Å². The molecule has 3 N–H and O–H groups in total. The number of rotatable bonds is 3. The first-order chi connectivity index (χ1) is 7.29. The zero-order chi connectivity index (χ0) is 12.3. The van der Waals surface area contributed by atoms with Crippen molar-refractivity contribution in [2.45, 2.75) is 19.4 Å². The Balaban J connectivity index is 0.00000256. The summed E-state index contributed by atoms with van der Waals surface area (Å²) in [6, 6.07) is 4.06. The number of carbonyl (C=O) groups excluding carboxylic acids is 1. The number of carbonyl (C=O) groups is 1. The molecule has 0 unspecified atom stereocenters. The maximum Gasteiger partial charge on any atom is 0.252 e. The van der Waals surface area contributed by atoms with Crippen LogP contribution >= 0.6 is 35.0 Å². The van der Waals surface area contributed by atoms with Crippen molar-refractivity contribution in [2.75, 3.05) is 6.54 Å². The third-order valence-electron chi connectivity index (χ3n) is 1.88. The van der Waals surface area contributed by atoms with Crippen LogP contribution in [0.25, 0.3) is 0 Å². The van der Waals surface area contributed by atoms with E-state index in [-0.39, 0.29) is 24.1 Å². The second-order valence-electron chi connectivity index (χ2n) is 4.30. The minimum Gasteiger partial charge on any atom is -0.350 e. The molecular weight excluding hydrogens is 357 g/mol. The lowest BCUT2D eigenvalue weighted by molar-refractivity contribution is 0.0945. The maximum absolute atomic E-state index is 12.8. The number of amides is 1. The van der Waals surface area contributed by atoms with E-state index in [0.29, 0.717) is 15.7 Å². The van der Waals surface area contributed by atoms with Crippen LogP contribution in [0.5, 0.6) is 0 Å². The number of nitrogens with one attached hydrogen (secondary N) is 1. The van der Waals surface area contributed by atoms with E-state index >= 15 is 0 Å². The van der Waals surface area contributed by atoms with Crippen molar-refractivity contribution < 1.29 is 9.18 Å². The van der Waals surface area contributed by atoms with Crippen LogP contribution in [0.15, 0.2) is 18.2 Å². The molecule has 0 spiro atoms. The molecule has 0 radical (unpaired) electrons. The van der Waals surface area contributed by atoms with Gasteiger partial charge in [-0.25, -0.2) is 4.39 Å². The molecule has 96 valence electrons. The quantitative estimate of drug-likeness (QED) is 0.800. The number of hydrogen-bond acceptors (Lipinski definition) is 2. The number of nitrogens with two attached hydrogens (primary N) is 1. The molecule has 3 nitrogen and oxygen atoms in total. The van der Waals surface area contributed by atoms with Gasteiger partial charge in [-0.1, -0.05) is 0 Å². The molecule has 6 heteroatoms. The predicted molar refractivity (Wildman–Crippen MR) is 77.0 cm³/mol. The highest BCUT2D eigenvalue weighted by Crippen LogP contribution is 2.13. The van der Waals surface area contributed by atoms with Crippen LogP contribution in [0.1, 0.15) is 24.2 Å². The molecule has 1 rings (SSSR count). The molecule has 0 atom stereocenters. The summed E-state index contributed by atoms with van der Waals surface area (Å²) >= 11 is 1.93. The van der Waals surface area contributed by atoms with E-state index in [9.17, 15) is 9.18 Å². The Morgan fingerprint density at radius 3 is 2.59 bits per heavy atom. The summed E-state index contributed by atoms with van der Waals surface area (Å²) in [6.45, 7) is 4.02. The van der Waals surface area contributed by atoms with E-state index < -0.39 is 5.54 Å². The van der Waals surface area contributed by atoms with Gasteiger partial charge in [-0.05, 0) is 54.6 Å². The first-order valence-electron chi connectivity index (χ1n) is 4.82. The van der Waals surface area contributed by atoms with E-state index in [1.807, 2.05) is 36.4 Å². The lowest BCUT2D eigenvalue weighted by atomic mass is 10.1. The molecular formula is C11H15ClFIN2O. The van der Waals surface area contributed by atoms with E-state index in [4.69, 9.17) is 5.73 Å². The predicted octanol–water partition coefficient (Wildman–Crippen LogP) is 2.32. The first kappa shape index (κ1) is 16.6. The van der Waals surface area contributed by atoms with Crippen molar-refractivity contribution in [3.8, 4) is 0 Å². The van der Waals surface area contributed by atoms with Gasteiger partial charge in [-0.15, -0.1) is 12.4 Å². The zero-order valence-electron chi connectivity index (χ0n) is 9.59. The molecule has 0 saturated carbocycles. The normalized spacial score (nSPS) is 10.6. The maximum atomic E-state index is 12.8. The van der Waals surface area contributed by atoms with Crippen LogP contribution < -0.4 is 11.1 Å². The number of benzene rings is 1. The fourth-order valence-electron chi connectivity index (χ4n) is 1.08. The second-order valence-corrected chi connectivity index (χ2v) is 5.46. The summed E-state index contributed by atoms with van der Waals surface area (Å²) in [5, 5.41) is 2.71. The van der Waals surface area contributed by atoms with Crippen molar-refractivity contribution in [1.29, 1.82) is 0 Å². The van der Waals surface area contributed by atoms with Crippen LogP contribution in [-0.2, 0) is 0 Å². The van der Waals surface area contributed by atoms with E-state index in [2.05, 4.69) is 5.32 Å². The standard InChI is InChI=1S/C11H14FIN2O.ClH/c1-11(2,14)6-15-10(16)8-4-3-7(12)5-9(8)13;/h3-5H,6,14H2,1-2H3,(H,15,16);1H. The molecule has 0 aliphatic carbocycles. The van der Waals surface area contributed by atoms with Crippen LogP contribution in [0.4, 0.5) is 4.39 Å². The fourth-order valence-corrected chi connectivity index (χ4v) is 1.80. The SMILES string of the molecule is CC(C)(N)CNC(=O)c1ccc(F)cc1I.Cl. The Labute approximate surface area is 120 Å². The van der Waals surface area contributed by atoms with Crippen molar-refractivity contribution >= 4 is 40.9 Å². The molecule has 1 aromatic rings. The van der Waals surface area contributed by atoms with E-state index in [1.54, 1.807) is 0 Å². The fraction of sp³-hybridized carbons (Fsp3) is 0.364.